The number of anilines is 3. The number of benzene rings is 1. The first-order valence-electron chi connectivity index (χ1n) is 6.91. The average Bonchev–Trinajstić information content (AvgIpc) is 2.95. The average molecular weight is 289 g/mol. The van der Waals surface area contributed by atoms with E-state index in [-0.39, 0.29) is 0 Å². The summed E-state index contributed by atoms with van der Waals surface area (Å²) in [6.07, 6.45) is 6.60. The van der Waals surface area contributed by atoms with Gasteiger partial charge in [-0.05, 0) is 25.0 Å². The molecule has 5 heteroatoms. The lowest BCUT2D eigenvalue weighted by Gasteiger charge is -2.13. The van der Waals surface area contributed by atoms with Crippen molar-refractivity contribution in [3.63, 3.8) is 0 Å². The predicted molar refractivity (Wildman–Crippen MR) is 82.6 cm³/mol. The summed E-state index contributed by atoms with van der Waals surface area (Å²) < 4.78 is 0. The van der Waals surface area contributed by atoms with E-state index in [2.05, 4.69) is 20.6 Å². The quantitative estimate of drug-likeness (QED) is 0.884. The van der Waals surface area contributed by atoms with Gasteiger partial charge in [0.15, 0.2) is 0 Å². The molecule has 1 aliphatic carbocycles. The molecule has 1 saturated carbocycles. The molecule has 0 atom stereocenters. The Balaban J connectivity index is 1.72. The molecule has 0 amide bonds. The van der Waals surface area contributed by atoms with Gasteiger partial charge in [-0.15, -0.1) is 0 Å². The number of nitrogens with one attached hydrogen (secondary N) is 2. The molecule has 104 valence electrons. The summed E-state index contributed by atoms with van der Waals surface area (Å²) in [5, 5.41) is 7.35. The summed E-state index contributed by atoms with van der Waals surface area (Å²) in [6, 6.07) is 10.1. The molecular formula is C15H17ClN4. The van der Waals surface area contributed by atoms with Gasteiger partial charge in [0.05, 0.1) is 10.7 Å². The highest BCUT2D eigenvalue weighted by Gasteiger charge is 2.15. The van der Waals surface area contributed by atoms with E-state index in [0.29, 0.717) is 11.1 Å². The van der Waals surface area contributed by atoms with Gasteiger partial charge in [-0.1, -0.05) is 36.6 Å². The SMILES string of the molecule is Clc1ccccc1Nc1cc(NC2CCCC2)ncn1. The van der Waals surface area contributed by atoms with Crippen LogP contribution >= 0.6 is 11.6 Å². The van der Waals surface area contributed by atoms with Crippen LogP contribution in [0.5, 0.6) is 0 Å². The van der Waals surface area contributed by atoms with Gasteiger partial charge in [0.1, 0.15) is 18.0 Å². The van der Waals surface area contributed by atoms with Crippen molar-refractivity contribution >= 4 is 28.9 Å². The highest BCUT2D eigenvalue weighted by atomic mass is 35.5. The van der Waals surface area contributed by atoms with Gasteiger partial charge in [-0.2, -0.15) is 0 Å². The van der Waals surface area contributed by atoms with Crippen LogP contribution < -0.4 is 10.6 Å². The molecule has 2 aromatic rings. The van der Waals surface area contributed by atoms with Crippen LogP contribution in [0.1, 0.15) is 25.7 Å². The molecule has 4 nitrogen and oxygen atoms in total. The van der Waals surface area contributed by atoms with Crippen molar-refractivity contribution < 1.29 is 0 Å². The fraction of sp³-hybridized carbons (Fsp3) is 0.333. The second-order valence-electron chi connectivity index (χ2n) is 5.02. The molecule has 0 spiro atoms. The Morgan fingerprint density at radius 1 is 1.05 bits per heavy atom. The number of hydrogen-bond donors (Lipinski definition) is 2. The fourth-order valence-electron chi connectivity index (χ4n) is 2.48. The van der Waals surface area contributed by atoms with Crippen LogP contribution in [-0.4, -0.2) is 16.0 Å². The highest BCUT2D eigenvalue weighted by molar-refractivity contribution is 6.33. The molecule has 20 heavy (non-hydrogen) atoms. The lowest BCUT2D eigenvalue weighted by Crippen LogP contribution is -2.15. The summed E-state index contributed by atoms with van der Waals surface area (Å²) in [5.41, 5.74) is 0.847. The minimum atomic E-state index is 0.540. The molecular weight excluding hydrogens is 272 g/mol. The van der Waals surface area contributed by atoms with Crippen LogP contribution in [0.4, 0.5) is 17.3 Å². The van der Waals surface area contributed by atoms with Gasteiger partial charge in [-0.25, -0.2) is 9.97 Å². The van der Waals surface area contributed by atoms with Gasteiger partial charge in [0, 0.05) is 12.1 Å². The van der Waals surface area contributed by atoms with Crippen molar-refractivity contribution in [2.75, 3.05) is 10.6 Å². The van der Waals surface area contributed by atoms with Crippen molar-refractivity contribution in [3.05, 3.63) is 41.7 Å². The first kappa shape index (κ1) is 13.2. The Hall–Kier alpha value is -1.81. The van der Waals surface area contributed by atoms with E-state index in [4.69, 9.17) is 11.6 Å². The number of aromatic nitrogens is 2. The molecule has 0 aliphatic heterocycles. The van der Waals surface area contributed by atoms with E-state index in [0.717, 1.165) is 17.3 Å². The van der Waals surface area contributed by atoms with Crippen LogP contribution in [0.25, 0.3) is 0 Å². The van der Waals surface area contributed by atoms with Crippen molar-refractivity contribution in [1.29, 1.82) is 0 Å². The fourth-order valence-corrected chi connectivity index (χ4v) is 2.67. The maximum Gasteiger partial charge on any atom is 0.135 e. The Kier molecular flexibility index (Phi) is 4.02. The maximum atomic E-state index is 6.13. The normalized spacial score (nSPS) is 15.2. The Morgan fingerprint density at radius 2 is 1.80 bits per heavy atom. The molecule has 1 aliphatic rings. The summed E-state index contributed by atoms with van der Waals surface area (Å²) in [5.74, 6) is 1.61. The molecule has 1 aromatic carbocycles. The molecule has 1 heterocycles. The number of hydrogen-bond acceptors (Lipinski definition) is 4. The van der Waals surface area contributed by atoms with E-state index < -0.39 is 0 Å². The molecule has 1 aromatic heterocycles. The monoisotopic (exact) mass is 288 g/mol. The van der Waals surface area contributed by atoms with Crippen molar-refractivity contribution in [3.8, 4) is 0 Å². The number of nitrogens with zero attached hydrogens (tertiary/aromatic N) is 2. The zero-order valence-electron chi connectivity index (χ0n) is 11.1. The standard InChI is InChI=1S/C15H17ClN4/c16-12-7-3-4-8-13(12)20-15-9-14(17-10-18-15)19-11-5-1-2-6-11/h3-4,7-11H,1-2,5-6H2,(H2,17,18,19,20). The van der Waals surface area contributed by atoms with Crippen molar-refractivity contribution in [2.24, 2.45) is 0 Å². The Bertz CT molecular complexity index is 582. The summed E-state index contributed by atoms with van der Waals surface area (Å²) in [6.45, 7) is 0. The van der Waals surface area contributed by atoms with Gasteiger partial charge < -0.3 is 10.6 Å². The van der Waals surface area contributed by atoms with E-state index >= 15 is 0 Å². The lowest BCUT2D eigenvalue weighted by molar-refractivity contribution is 0.750. The van der Waals surface area contributed by atoms with Crippen LogP contribution in [0.3, 0.4) is 0 Å². The smallest absolute Gasteiger partial charge is 0.135 e. The van der Waals surface area contributed by atoms with Crippen molar-refractivity contribution in [1.82, 2.24) is 9.97 Å². The third-order valence-electron chi connectivity index (χ3n) is 3.51. The van der Waals surface area contributed by atoms with Crippen LogP contribution in [0.15, 0.2) is 36.7 Å². The predicted octanol–water partition coefficient (Wildman–Crippen LogP) is 4.23. The zero-order valence-corrected chi connectivity index (χ0v) is 11.9. The molecule has 2 N–H and O–H groups in total. The summed E-state index contributed by atoms with van der Waals surface area (Å²) in [7, 11) is 0. The molecule has 0 radical (unpaired) electrons. The maximum absolute atomic E-state index is 6.13. The lowest BCUT2D eigenvalue weighted by atomic mass is 10.2. The second kappa shape index (κ2) is 6.09. The Morgan fingerprint density at radius 3 is 2.60 bits per heavy atom. The van der Waals surface area contributed by atoms with Gasteiger partial charge in [0.2, 0.25) is 0 Å². The molecule has 0 bridgehead atoms. The van der Waals surface area contributed by atoms with E-state index in [1.54, 1.807) is 6.33 Å². The second-order valence-corrected chi connectivity index (χ2v) is 5.43. The largest absolute Gasteiger partial charge is 0.367 e. The van der Waals surface area contributed by atoms with Crippen LogP contribution in [0, 0.1) is 0 Å². The highest BCUT2D eigenvalue weighted by Crippen LogP contribution is 2.25. The van der Waals surface area contributed by atoms with Crippen molar-refractivity contribution in [2.45, 2.75) is 31.7 Å². The number of para-hydroxylation sites is 1. The first-order chi connectivity index (χ1) is 9.81. The van der Waals surface area contributed by atoms with E-state index in [1.807, 2.05) is 30.3 Å². The Labute approximate surface area is 123 Å². The molecule has 1 fully saturated rings. The van der Waals surface area contributed by atoms with Crippen LogP contribution in [-0.2, 0) is 0 Å². The number of halogens is 1. The number of rotatable bonds is 4. The van der Waals surface area contributed by atoms with Crippen LogP contribution in [0.2, 0.25) is 5.02 Å². The third kappa shape index (κ3) is 3.20. The topological polar surface area (TPSA) is 49.8 Å². The minimum Gasteiger partial charge on any atom is -0.367 e. The van der Waals surface area contributed by atoms with Gasteiger partial charge in [-0.3, -0.25) is 0 Å². The molecule has 0 unspecified atom stereocenters. The van der Waals surface area contributed by atoms with E-state index in [1.165, 1.54) is 25.7 Å². The zero-order chi connectivity index (χ0) is 13.8. The summed E-state index contributed by atoms with van der Waals surface area (Å²) in [4.78, 5) is 8.50. The summed E-state index contributed by atoms with van der Waals surface area (Å²) >= 11 is 6.13. The van der Waals surface area contributed by atoms with Gasteiger partial charge in [0.25, 0.3) is 0 Å². The molecule has 3 rings (SSSR count). The van der Waals surface area contributed by atoms with E-state index in [9.17, 15) is 0 Å². The minimum absolute atomic E-state index is 0.540. The first-order valence-corrected chi connectivity index (χ1v) is 7.29. The third-order valence-corrected chi connectivity index (χ3v) is 3.84. The molecule has 0 saturated heterocycles. The van der Waals surface area contributed by atoms with Gasteiger partial charge >= 0.3 is 0 Å².